The van der Waals surface area contributed by atoms with Gasteiger partial charge in [0.15, 0.2) is 0 Å². The number of thioether (sulfide) groups is 1. The standard InChI is InChI=1S/C34H44N6O5S/c1-22(2)17-27-34(45)39(5)23(3)32(43)37-26(18-24-11-7-6-8-12-24)33(44)35-15-16-40(20-30(41)36-27)31(42)21-46-29-19-38(4)28-14-10-9-13-25(28)29/h6-14,19,22-23,26-27H,15-18,20-21H2,1-5H3,(H,35,44)(H,36,41)(H,37,43)/t23-,26-,27-/m0/s1. The van der Waals surface area contributed by atoms with E-state index < -0.39 is 41.8 Å². The summed E-state index contributed by atoms with van der Waals surface area (Å²) in [7, 11) is 3.46. The Morgan fingerprint density at radius 1 is 0.935 bits per heavy atom. The molecule has 0 saturated carbocycles. The number of amides is 5. The highest BCUT2D eigenvalue weighted by Gasteiger charge is 2.33. The predicted octanol–water partition coefficient (Wildman–Crippen LogP) is 2.33. The van der Waals surface area contributed by atoms with E-state index in [9.17, 15) is 24.0 Å². The number of aryl methyl sites for hydroxylation is 1. The lowest BCUT2D eigenvalue weighted by Gasteiger charge is -2.30. The number of fused-ring (bicyclic) bond motifs is 1. The predicted molar refractivity (Wildman–Crippen MR) is 179 cm³/mol. The van der Waals surface area contributed by atoms with Crippen LogP contribution in [-0.4, -0.2) is 94.5 Å². The normalized spacial score (nSPS) is 20.6. The Labute approximate surface area is 274 Å². The molecule has 3 aromatic rings. The number of aromatic nitrogens is 1. The molecule has 46 heavy (non-hydrogen) atoms. The van der Waals surface area contributed by atoms with Gasteiger partial charge in [0, 0.05) is 55.6 Å². The fraction of sp³-hybridized carbons (Fsp3) is 0.441. The summed E-state index contributed by atoms with van der Waals surface area (Å²) in [4.78, 5) is 70.9. The second kappa shape index (κ2) is 15.8. The average molecular weight is 649 g/mol. The Balaban J connectivity index is 1.58. The molecule has 246 valence electrons. The summed E-state index contributed by atoms with van der Waals surface area (Å²) >= 11 is 1.38. The lowest BCUT2D eigenvalue weighted by Crippen LogP contribution is -2.57. The minimum absolute atomic E-state index is 0.0686. The Hall–Kier alpha value is -4.32. The van der Waals surface area contributed by atoms with E-state index in [4.69, 9.17) is 0 Å². The first kappa shape index (κ1) is 34.6. The van der Waals surface area contributed by atoms with E-state index in [-0.39, 0.29) is 43.6 Å². The van der Waals surface area contributed by atoms with E-state index >= 15 is 0 Å². The van der Waals surface area contributed by atoms with Gasteiger partial charge in [0.2, 0.25) is 29.5 Å². The van der Waals surface area contributed by atoms with Crippen molar-refractivity contribution < 1.29 is 24.0 Å². The number of rotatable bonds is 7. The Kier molecular flexibility index (Phi) is 11.9. The number of nitrogens with one attached hydrogen (secondary N) is 3. The smallest absolute Gasteiger partial charge is 0.245 e. The van der Waals surface area contributed by atoms with Crippen molar-refractivity contribution >= 4 is 52.2 Å². The zero-order valence-electron chi connectivity index (χ0n) is 27.1. The summed E-state index contributed by atoms with van der Waals surface area (Å²) in [6, 6.07) is 14.5. The molecular formula is C34H44N6O5S. The van der Waals surface area contributed by atoms with Gasteiger partial charge in [-0.2, -0.15) is 0 Å². The zero-order valence-corrected chi connectivity index (χ0v) is 27.9. The Morgan fingerprint density at radius 3 is 2.35 bits per heavy atom. The molecule has 1 saturated heterocycles. The largest absolute Gasteiger partial charge is 0.353 e. The van der Waals surface area contributed by atoms with Gasteiger partial charge in [-0.25, -0.2) is 0 Å². The SMILES string of the molecule is CC(C)C[C@@H]1NC(=O)CN(C(=O)CSc2cn(C)c3ccccc23)CCNC(=O)[C@H](Cc2ccccc2)NC(=O)[C@H](C)N(C)C1=O. The van der Waals surface area contributed by atoms with Crippen LogP contribution < -0.4 is 16.0 Å². The zero-order chi connectivity index (χ0) is 33.4. The molecule has 11 nitrogen and oxygen atoms in total. The molecule has 2 aromatic carbocycles. The van der Waals surface area contributed by atoms with Crippen molar-refractivity contribution in [3.63, 3.8) is 0 Å². The van der Waals surface area contributed by atoms with Crippen molar-refractivity contribution in [2.75, 3.05) is 32.4 Å². The van der Waals surface area contributed by atoms with Crippen LogP contribution in [0.15, 0.2) is 65.7 Å². The summed E-state index contributed by atoms with van der Waals surface area (Å²) in [5.41, 5.74) is 1.90. The molecule has 0 bridgehead atoms. The van der Waals surface area contributed by atoms with Gasteiger partial charge in [-0.1, -0.05) is 62.4 Å². The molecule has 1 aliphatic rings. The highest BCUT2D eigenvalue weighted by atomic mass is 32.2. The highest BCUT2D eigenvalue weighted by molar-refractivity contribution is 8.00. The van der Waals surface area contributed by atoms with Gasteiger partial charge in [0.25, 0.3) is 0 Å². The van der Waals surface area contributed by atoms with Crippen LogP contribution in [0.1, 0.15) is 32.8 Å². The van der Waals surface area contributed by atoms with Crippen LogP contribution >= 0.6 is 11.8 Å². The number of benzene rings is 2. The molecule has 3 N–H and O–H groups in total. The Bertz CT molecular complexity index is 1560. The third-order valence-electron chi connectivity index (χ3n) is 8.14. The number of nitrogens with zero attached hydrogens (tertiary/aromatic N) is 3. The monoisotopic (exact) mass is 648 g/mol. The Morgan fingerprint density at radius 2 is 1.63 bits per heavy atom. The van der Waals surface area contributed by atoms with Gasteiger partial charge in [-0.3, -0.25) is 24.0 Å². The molecule has 2 heterocycles. The molecule has 3 atom stereocenters. The first-order valence-corrected chi connectivity index (χ1v) is 16.6. The van der Waals surface area contributed by atoms with Crippen LogP contribution in [0.5, 0.6) is 0 Å². The lowest BCUT2D eigenvalue weighted by molar-refractivity contribution is -0.142. The van der Waals surface area contributed by atoms with E-state index in [0.29, 0.717) is 6.42 Å². The molecule has 0 radical (unpaired) electrons. The number of para-hydroxylation sites is 1. The van der Waals surface area contributed by atoms with Gasteiger partial charge in [-0.15, -0.1) is 11.8 Å². The number of carbonyl (C=O) groups is 5. The van der Waals surface area contributed by atoms with Crippen molar-refractivity contribution in [3.05, 3.63) is 66.4 Å². The average Bonchev–Trinajstić information content (AvgIpc) is 3.36. The molecular weight excluding hydrogens is 604 g/mol. The second-order valence-corrected chi connectivity index (χ2v) is 13.2. The van der Waals surface area contributed by atoms with Crippen molar-refractivity contribution in [3.8, 4) is 0 Å². The summed E-state index contributed by atoms with van der Waals surface area (Å²) in [5.74, 6) is -1.95. The second-order valence-electron chi connectivity index (χ2n) is 12.1. The molecule has 12 heteroatoms. The van der Waals surface area contributed by atoms with Crippen molar-refractivity contribution in [2.24, 2.45) is 13.0 Å². The van der Waals surface area contributed by atoms with Crippen molar-refractivity contribution in [1.29, 1.82) is 0 Å². The lowest BCUT2D eigenvalue weighted by atomic mass is 10.0. The molecule has 0 unspecified atom stereocenters. The topological polar surface area (TPSA) is 133 Å². The molecule has 4 rings (SSSR count). The maximum atomic E-state index is 13.6. The van der Waals surface area contributed by atoms with Crippen LogP contribution in [0, 0.1) is 5.92 Å². The summed E-state index contributed by atoms with van der Waals surface area (Å²) in [5, 5.41) is 9.51. The third-order valence-corrected chi connectivity index (χ3v) is 9.17. The van der Waals surface area contributed by atoms with Gasteiger partial charge < -0.3 is 30.3 Å². The molecule has 1 aromatic heterocycles. The number of likely N-dealkylation sites (N-methyl/N-ethyl adjacent to an activating group) is 1. The summed E-state index contributed by atoms with van der Waals surface area (Å²) in [6.45, 7) is 5.33. The number of hydrogen-bond acceptors (Lipinski definition) is 6. The van der Waals surface area contributed by atoms with Gasteiger partial charge in [0.05, 0.1) is 12.3 Å². The van der Waals surface area contributed by atoms with Crippen LogP contribution in [0.25, 0.3) is 10.9 Å². The fourth-order valence-corrected chi connectivity index (χ4v) is 6.47. The minimum atomic E-state index is -0.914. The van der Waals surface area contributed by atoms with Gasteiger partial charge in [0.1, 0.15) is 18.1 Å². The first-order chi connectivity index (χ1) is 21.9. The van der Waals surface area contributed by atoms with Crippen LogP contribution in [0.3, 0.4) is 0 Å². The summed E-state index contributed by atoms with van der Waals surface area (Å²) < 4.78 is 2.00. The molecule has 0 spiro atoms. The van der Waals surface area contributed by atoms with E-state index in [1.165, 1.54) is 28.6 Å². The van der Waals surface area contributed by atoms with E-state index in [1.807, 2.05) is 86.3 Å². The van der Waals surface area contributed by atoms with Gasteiger partial charge in [-0.05, 0) is 30.9 Å². The quantitative estimate of drug-likeness (QED) is 0.337. The maximum absolute atomic E-state index is 13.6. The highest BCUT2D eigenvalue weighted by Crippen LogP contribution is 2.29. The number of carbonyl (C=O) groups excluding carboxylic acids is 5. The van der Waals surface area contributed by atoms with Crippen LogP contribution in [0.2, 0.25) is 0 Å². The molecule has 5 amide bonds. The molecule has 0 aliphatic carbocycles. The van der Waals surface area contributed by atoms with Crippen molar-refractivity contribution in [2.45, 2.75) is 56.6 Å². The fourth-order valence-electron chi connectivity index (χ4n) is 5.45. The van der Waals surface area contributed by atoms with Crippen LogP contribution in [0.4, 0.5) is 0 Å². The maximum Gasteiger partial charge on any atom is 0.245 e. The van der Waals surface area contributed by atoms with E-state index in [1.54, 1.807) is 6.92 Å². The minimum Gasteiger partial charge on any atom is -0.353 e. The first-order valence-electron chi connectivity index (χ1n) is 15.6. The number of hydrogen-bond donors (Lipinski definition) is 3. The third kappa shape index (κ3) is 8.90. The van der Waals surface area contributed by atoms with Crippen molar-refractivity contribution in [1.82, 2.24) is 30.3 Å². The molecule has 1 fully saturated rings. The van der Waals surface area contributed by atoms with Crippen LogP contribution in [-0.2, 0) is 37.4 Å². The van der Waals surface area contributed by atoms with E-state index in [0.717, 1.165) is 21.4 Å². The summed E-state index contributed by atoms with van der Waals surface area (Å²) in [6.07, 6.45) is 2.57. The van der Waals surface area contributed by atoms with E-state index in [2.05, 4.69) is 16.0 Å². The molecule has 1 aliphatic heterocycles. The van der Waals surface area contributed by atoms with Gasteiger partial charge >= 0.3 is 0 Å².